The van der Waals surface area contributed by atoms with Gasteiger partial charge in [0, 0.05) is 38.4 Å². The van der Waals surface area contributed by atoms with Crippen molar-refractivity contribution < 1.29 is 9.18 Å². The lowest BCUT2D eigenvalue weighted by Crippen LogP contribution is -2.49. The Labute approximate surface area is 156 Å². The molecule has 0 unspecified atom stereocenters. The Balaban J connectivity index is 1.45. The highest BCUT2D eigenvalue weighted by Gasteiger charge is 2.24. The van der Waals surface area contributed by atoms with Gasteiger partial charge in [-0.25, -0.2) is 19.0 Å². The molecule has 8 heteroatoms. The van der Waals surface area contributed by atoms with Gasteiger partial charge in [0.2, 0.25) is 0 Å². The number of anilines is 1. The monoisotopic (exact) mass is 366 g/mol. The van der Waals surface area contributed by atoms with Crippen LogP contribution in [0.3, 0.4) is 0 Å². The standard InChI is InChI=1S/C19H19FN6O/c1-14-6-7-26(23-14)18-12-17(21-13-22-18)24-8-10-25(11-9-24)19(27)15-4-2-3-5-16(15)20/h2-7,12-13H,8-11H2,1H3. The SMILES string of the molecule is Cc1ccn(-c2cc(N3CCN(C(=O)c4ccccc4F)CC3)ncn2)n1. The normalized spacial score (nSPS) is 14.4. The molecule has 0 N–H and O–H groups in total. The van der Waals surface area contributed by atoms with E-state index in [1.54, 1.807) is 21.7 Å². The van der Waals surface area contributed by atoms with Gasteiger partial charge < -0.3 is 9.80 Å². The van der Waals surface area contributed by atoms with Crippen LogP contribution in [0.2, 0.25) is 0 Å². The molecule has 27 heavy (non-hydrogen) atoms. The van der Waals surface area contributed by atoms with Gasteiger partial charge >= 0.3 is 0 Å². The van der Waals surface area contributed by atoms with Crippen LogP contribution in [0, 0.1) is 12.7 Å². The van der Waals surface area contributed by atoms with Crippen LogP contribution < -0.4 is 4.90 Å². The van der Waals surface area contributed by atoms with Gasteiger partial charge in [-0.1, -0.05) is 12.1 Å². The number of aryl methyl sites for hydroxylation is 1. The summed E-state index contributed by atoms with van der Waals surface area (Å²) in [5.74, 6) is 0.715. The zero-order valence-corrected chi connectivity index (χ0v) is 14.9. The van der Waals surface area contributed by atoms with Crippen LogP contribution in [0.1, 0.15) is 16.1 Å². The molecule has 1 fully saturated rings. The van der Waals surface area contributed by atoms with E-state index in [-0.39, 0.29) is 11.5 Å². The fourth-order valence-electron chi connectivity index (χ4n) is 3.12. The predicted molar refractivity (Wildman–Crippen MR) is 98.4 cm³/mol. The molecule has 1 saturated heterocycles. The van der Waals surface area contributed by atoms with Crippen LogP contribution in [0.5, 0.6) is 0 Å². The number of hydrogen-bond donors (Lipinski definition) is 0. The molecule has 7 nitrogen and oxygen atoms in total. The van der Waals surface area contributed by atoms with Gasteiger partial charge in [0.05, 0.1) is 11.3 Å². The largest absolute Gasteiger partial charge is 0.353 e. The molecule has 2 aromatic heterocycles. The molecule has 1 aliphatic heterocycles. The highest BCUT2D eigenvalue weighted by Crippen LogP contribution is 2.18. The molecule has 0 atom stereocenters. The Bertz CT molecular complexity index is 964. The summed E-state index contributed by atoms with van der Waals surface area (Å²) in [4.78, 5) is 24.9. The van der Waals surface area contributed by atoms with Gasteiger partial charge in [-0.15, -0.1) is 0 Å². The average Bonchev–Trinajstić information content (AvgIpc) is 3.14. The molecule has 3 heterocycles. The lowest BCUT2D eigenvalue weighted by Gasteiger charge is -2.35. The van der Waals surface area contributed by atoms with E-state index in [9.17, 15) is 9.18 Å². The third-order valence-corrected chi connectivity index (χ3v) is 4.59. The van der Waals surface area contributed by atoms with Crippen molar-refractivity contribution in [1.82, 2.24) is 24.6 Å². The van der Waals surface area contributed by atoms with Crippen LogP contribution >= 0.6 is 0 Å². The number of nitrogens with zero attached hydrogens (tertiary/aromatic N) is 6. The van der Waals surface area contributed by atoms with Gasteiger partial charge in [0.15, 0.2) is 5.82 Å². The summed E-state index contributed by atoms with van der Waals surface area (Å²) in [5, 5.41) is 4.36. The number of halogens is 1. The van der Waals surface area contributed by atoms with Crippen LogP contribution in [0.25, 0.3) is 5.82 Å². The van der Waals surface area contributed by atoms with Crippen molar-refractivity contribution in [2.75, 3.05) is 31.1 Å². The van der Waals surface area contributed by atoms with Gasteiger partial charge in [-0.2, -0.15) is 5.10 Å². The maximum Gasteiger partial charge on any atom is 0.256 e. The first-order chi connectivity index (χ1) is 13.1. The molecule has 4 rings (SSSR count). The Morgan fingerprint density at radius 1 is 1.04 bits per heavy atom. The van der Waals surface area contributed by atoms with Crippen molar-refractivity contribution >= 4 is 11.7 Å². The number of piperazine rings is 1. The first-order valence-corrected chi connectivity index (χ1v) is 8.75. The van der Waals surface area contributed by atoms with Crippen LogP contribution in [-0.2, 0) is 0 Å². The summed E-state index contributed by atoms with van der Waals surface area (Å²) >= 11 is 0. The number of carbonyl (C=O) groups is 1. The maximum atomic E-state index is 13.9. The maximum absolute atomic E-state index is 13.9. The zero-order chi connectivity index (χ0) is 18.8. The van der Waals surface area contributed by atoms with Crippen LogP contribution in [0.15, 0.2) is 48.9 Å². The first-order valence-electron chi connectivity index (χ1n) is 8.75. The van der Waals surface area contributed by atoms with Crippen molar-refractivity contribution in [3.8, 4) is 5.82 Å². The molecule has 0 aliphatic carbocycles. The summed E-state index contributed by atoms with van der Waals surface area (Å²) in [7, 11) is 0. The molecule has 0 bridgehead atoms. The molecule has 0 radical (unpaired) electrons. The van der Waals surface area contributed by atoms with E-state index in [1.165, 1.54) is 18.5 Å². The number of amides is 1. The molecule has 0 spiro atoms. The minimum atomic E-state index is -0.486. The van der Waals surface area contributed by atoms with Crippen molar-refractivity contribution in [3.63, 3.8) is 0 Å². The van der Waals surface area contributed by atoms with Gasteiger partial charge in [0.1, 0.15) is 18.0 Å². The second kappa shape index (κ2) is 7.14. The number of hydrogen-bond acceptors (Lipinski definition) is 5. The van der Waals surface area contributed by atoms with Gasteiger partial charge in [-0.3, -0.25) is 4.79 Å². The zero-order valence-electron chi connectivity index (χ0n) is 14.9. The Hall–Kier alpha value is -3.29. The Morgan fingerprint density at radius 3 is 2.48 bits per heavy atom. The predicted octanol–water partition coefficient (Wildman–Crippen LogP) is 2.07. The smallest absolute Gasteiger partial charge is 0.256 e. The molecule has 0 saturated carbocycles. The van der Waals surface area contributed by atoms with Gasteiger partial charge in [0.25, 0.3) is 5.91 Å². The van der Waals surface area contributed by atoms with Crippen LogP contribution in [-0.4, -0.2) is 56.7 Å². The Morgan fingerprint density at radius 2 is 1.78 bits per heavy atom. The van der Waals surface area contributed by atoms with E-state index >= 15 is 0 Å². The molecular formula is C19H19FN6O. The summed E-state index contributed by atoms with van der Waals surface area (Å²) in [5.41, 5.74) is 1.03. The van der Waals surface area contributed by atoms with E-state index in [0.717, 1.165) is 11.5 Å². The molecule has 138 valence electrons. The fraction of sp³-hybridized carbons (Fsp3) is 0.263. The van der Waals surface area contributed by atoms with E-state index in [0.29, 0.717) is 32.0 Å². The van der Waals surface area contributed by atoms with Gasteiger partial charge in [-0.05, 0) is 25.1 Å². The van der Waals surface area contributed by atoms with Crippen molar-refractivity contribution in [2.45, 2.75) is 6.92 Å². The molecule has 1 aromatic carbocycles. The third-order valence-electron chi connectivity index (χ3n) is 4.59. The fourth-order valence-corrected chi connectivity index (χ4v) is 3.12. The molecule has 1 aliphatic rings. The molecule has 1 amide bonds. The van der Waals surface area contributed by atoms with E-state index in [4.69, 9.17) is 0 Å². The number of aromatic nitrogens is 4. The van der Waals surface area contributed by atoms with Crippen molar-refractivity contribution in [1.29, 1.82) is 0 Å². The van der Waals surface area contributed by atoms with E-state index < -0.39 is 5.82 Å². The van der Waals surface area contributed by atoms with Crippen molar-refractivity contribution in [3.05, 3.63) is 66.0 Å². The topological polar surface area (TPSA) is 67.2 Å². The summed E-state index contributed by atoms with van der Waals surface area (Å²) in [6.45, 7) is 4.18. The lowest BCUT2D eigenvalue weighted by atomic mass is 10.1. The van der Waals surface area contributed by atoms with Crippen LogP contribution in [0.4, 0.5) is 10.2 Å². The minimum Gasteiger partial charge on any atom is -0.353 e. The quantitative estimate of drug-likeness (QED) is 0.710. The highest BCUT2D eigenvalue weighted by atomic mass is 19.1. The number of carbonyl (C=O) groups excluding carboxylic acids is 1. The van der Waals surface area contributed by atoms with E-state index in [2.05, 4.69) is 20.0 Å². The average molecular weight is 366 g/mol. The molecule has 3 aromatic rings. The minimum absolute atomic E-state index is 0.115. The first kappa shape index (κ1) is 17.1. The number of rotatable bonds is 3. The summed E-state index contributed by atoms with van der Waals surface area (Å²) < 4.78 is 15.6. The summed E-state index contributed by atoms with van der Waals surface area (Å²) in [6, 6.07) is 9.87. The Kier molecular flexibility index (Phi) is 4.53. The second-order valence-corrected chi connectivity index (χ2v) is 6.40. The molecular weight excluding hydrogens is 347 g/mol. The summed E-state index contributed by atoms with van der Waals surface area (Å²) in [6.07, 6.45) is 3.37. The second-order valence-electron chi connectivity index (χ2n) is 6.40. The lowest BCUT2D eigenvalue weighted by molar-refractivity contribution is 0.0742. The highest BCUT2D eigenvalue weighted by molar-refractivity contribution is 5.94. The number of benzene rings is 1. The third kappa shape index (κ3) is 3.51. The van der Waals surface area contributed by atoms with Crippen molar-refractivity contribution in [2.24, 2.45) is 0 Å². The van der Waals surface area contributed by atoms with E-state index in [1.807, 2.05) is 25.3 Å².